The molecule has 250 valence electrons. The Labute approximate surface area is 278 Å². The van der Waals surface area contributed by atoms with Crippen molar-refractivity contribution >= 4 is 41.5 Å². The van der Waals surface area contributed by atoms with E-state index in [4.69, 9.17) is 15.5 Å². The van der Waals surface area contributed by atoms with Crippen LogP contribution in [0.1, 0.15) is 77.8 Å². The summed E-state index contributed by atoms with van der Waals surface area (Å²) in [5, 5.41) is 12.3. The van der Waals surface area contributed by atoms with E-state index in [9.17, 15) is 14.7 Å². The van der Waals surface area contributed by atoms with Gasteiger partial charge in [-0.05, 0) is 106 Å². The predicted octanol–water partition coefficient (Wildman–Crippen LogP) is 6.56. The summed E-state index contributed by atoms with van der Waals surface area (Å²) in [4.78, 5) is 33.8. The second-order valence-corrected chi connectivity index (χ2v) is 14.4. The molecule has 46 heavy (non-hydrogen) atoms. The van der Waals surface area contributed by atoms with Crippen LogP contribution < -0.4 is 11.1 Å². The maximum atomic E-state index is 13.7. The minimum absolute atomic E-state index is 0.0189. The van der Waals surface area contributed by atoms with Crippen LogP contribution in [0.4, 0.5) is 10.5 Å². The normalized spacial score (nSPS) is 15.3. The van der Waals surface area contributed by atoms with Crippen molar-refractivity contribution in [2.24, 2.45) is 16.6 Å². The van der Waals surface area contributed by atoms with Crippen molar-refractivity contribution < 1.29 is 19.4 Å². The van der Waals surface area contributed by atoms with Crippen LogP contribution in [0.25, 0.3) is 17.2 Å². The number of hydrogen-bond donors (Lipinski definition) is 3. The summed E-state index contributed by atoms with van der Waals surface area (Å²) in [6.07, 6.45) is 6.04. The molecule has 4 rings (SSSR count). The summed E-state index contributed by atoms with van der Waals surface area (Å²) in [6, 6.07) is 12.8. The molecule has 0 atom stereocenters. The molecule has 0 spiro atoms. The predicted molar refractivity (Wildman–Crippen MR) is 188 cm³/mol. The van der Waals surface area contributed by atoms with Gasteiger partial charge >= 0.3 is 6.09 Å². The summed E-state index contributed by atoms with van der Waals surface area (Å²) < 4.78 is 7.64. The van der Waals surface area contributed by atoms with E-state index in [2.05, 4.69) is 59.9 Å². The number of carbonyl (C=O) groups excluding carboxylic acids is 2. The van der Waals surface area contributed by atoms with Gasteiger partial charge in [-0.15, -0.1) is 0 Å². The average Bonchev–Trinajstić information content (AvgIpc) is 3.15. The van der Waals surface area contributed by atoms with Gasteiger partial charge in [-0.25, -0.2) is 14.1 Å². The summed E-state index contributed by atoms with van der Waals surface area (Å²) in [5.74, 6) is 0.799. The zero-order chi connectivity index (χ0) is 33.3. The molecule has 2 aliphatic rings. The monoisotopic (exact) mass is 649 g/mol. The Balaban J connectivity index is 1.63. The van der Waals surface area contributed by atoms with Crippen molar-refractivity contribution in [3.8, 4) is 11.1 Å². The second kappa shape index (κ2) is 16.5. The number of carbonyl (C=O) groups is 2. The van der Waals surface area contributed by atoms with Crippen molar-refractivity contribution in [3.63, 3.8) is 0 Å². The molecule has 2 aromatic rings. The molecule has 2 amide bonds. The van der Waals surface area contributed by atoms with E-state index in [1.807, 2.05) is 31.7 Å². The molecule has 10 heteroatoms. The van der Waals surface area contributed by atoms with Gasteiger partial charge in [-0.2, -0.15) is 0 Å². The quantitative estimate of drug-likeness (QED) is 0.157. The molecule has 2 aromatic carbocycles. The minimum atomic E-state index is -0.539. The number of aliphatic imine (C=N–C) groups is 1. The van der Waals surface area contributed by atoms with Gasteiger partial charge in [-0.3, -0.25) is 4.79 Å². The fourth-order valence-corrected chi connectivity index (χ4v) is 6.87. The van der Waals surface area contributed by atoms with Crippen LogP contribution in [0.5, 0.6) is 0 Å². The van der Waals surface area contributed by atoms with Crippen molar-refractivity contribution in [1.82, 2.24) is 14.5 Å². The SMILES string of the molecule is CCCN(CCC)C(=O)C1=Cc2c(CCCCNC(=O)OC(C)(C)C)cc(-c3cccc(SN4CC(CO)C4)c3)cc2N=C(N)C1. The summed E-state index contributed by atoms with van der Waals surface area (Å²) in [7, 11) is 0. The van der Waals surface area contributed by atoms with Gasteiger partial charge in [0.2, 0.25) is 5.91 Å². The van der Waals surface area contributed by atoms with Gasteiger partial charge in [0.1, 0.15) is 11.4 Å². The Hall–Kier alpha value is -3.34. The zero-order valence-corrected chi connectivity index (χ0v) is 28.9. The lowest BCUT2D eigenvalue weighted by Crippen LogP contribution is -2.43. The lowest BCUT2D eigenvalue weighted by Gasteiger charge is -2.36. The third-order valence-corrected chi connectivity index (χ3v) is 8.89. The van der Waals surface area contributed by atoms with Crippen LogP contribution in [0.15, 0.2) is 51.9 Å². The van der Waals surface area contributed by atoms with Crippen LogP contribution in [-0.2, 0) is 16.0 Å². The van der Waals surface area contributed by atoms with Crippen molar-refractivity contribution in [2.45, 2.75) is 83.6 Å². The number of rotatable bonds is 14. The standard InChI is InChI=1S/C36H51N5O4S/c1-6-15-40(16-7-2)34(43)29-19-31-27(11-8-9-14-38-35(44)45-36(3,4)5)17-28(20-32(31)39-33(37)21-29)26-12-10-13-30(18-26)46-41-22-25(23-41)24-42/h10,12-13,17-20,25,42H,6-9,11,14-16,21-24H2,1-5H3,(H2,37,39)(H,38,44). The maximum absolute atomic E-state index is 13.7. The Morgan fingerprint density at radius 1 is 1.11 bits per heavy atom. The number of fused-ring (bicyclic) bond motifs is 1. The highest BCUT2D eigenvalue weighted by Gasteiger charge is 2.27. The third-order valence-electron chi connectivity index (χ3n) is 7.87. The molecule has 0 unspecified atom stereocenters. The first-order valence-corrected chi connectivity index (χ1v) is 17.4. The molecule has 2 heterocycles. The molecule has 0 aromatic heterocycles. The van der Waals surface area contributed by atoms with Gasteiger partial charge in [0.05, 0.1) is 5.69 Å². The smallest absolute Gasteiger partial charge is 0.407 e. The Morgan fingerprint density at radius 2 is 1.85 bits per heavy atom. The molecule has 1 saturated heterocycles. The number of nitrogens with one attached hydrogen (secondary N) is 1. The van der Waals surface area contributed by atoms with Crippen LogP contribution >= 0.6 is 11.9 Å². The largest absolute Gasteiger partial charge is 0.444 e. The number of hydrogen-bond acceptors (Lipinski definition) is 8. The Bertz CT molecular complexity index is 1420. The molecule has 9 nitrogen and oxygen atoms in total. The summed E-state index contributed by atoms with van der Waals surface area (Å²) in [5.41, 5.74) is 11.5. The van der Waals surface area contributed by atoms with E-state index >= 15 is 0 Å². The van der Waals surface area contributed by atoms with Crippen molar-refractivity contribution in [3.05, 3.63) is 53.1 Å². The first kappa shape index (κ1) is 35.5. The highest BCUT2D eigenvalue weighted by atomic mass is 32.2. The van der Waals surface area contributed by atoms with Crippen molar-refractivity contribution in [2.75, 3.05) is 39.3 Å². The third kappa shape index (κ3) is 10.1. The number of benzene rings is 2. The van der Waals surface area contributed by atoms with Gasteiger partial charge in [0.15, 0.2) is 0 Å². The zero-order valence-electron chi connectivity index (χ0n) is 28.1. The number of aliphatic hydroxyl groups excluding tert-OH is 1. The van der Waals surface area contributed by atoms with E-state index < -0.39 is 11.7 Å². The lowest BCUT2D eigenvalue weighted by atomic mass is 9.93. The number of ether oxygens (including phenoxy) is 1. The number of amidine groups is 1. The van der Waals surface area contributed by atoms with E-state index in [1.165, 1.54) is 0 Å². The molecule has 0 radical (unpaired) electrons. The van der Waals surface area contributed by atoms with Gasteiger partial charge < -0.3 is 25.8 Å². The van der Waals surface area contributed by atoms with Gasteiger partial charge in [-0.1, -0.05) is 32.0 Å². The topological polar surface area (TPSA) is 120 Å². The van der Waals surface area contributed by atoms with Crippen molar-refractivity contribution in [1.29, 1.82) is 0 Å². The molecular formula is C36H51N5O4S. The van der Waals surface area contributed by atoms with E-state index in [0.717, 1.165) is 78.0 Å². The number of unbranched alkanes of at least 4 members (excludes halogenated alkanes) is 1. The molecule has 4 N–H and O–H groups in total. The Morgan fingerprint density at radius 3 is 2.52 bits per heavy atom. The average molecular weight is 650 g/mol. The van der Waals surface area contributed by atoms with E-state index in [0.29, 0.717) is 43.4 Å². The first-order valence-electron chi connectivity index (χ1n) is 16.6. The van der Waals surface area contributed by atoms with Crippen LogP contribution in [0.3, 0.4) is 0 Å². The van der Waals surface area contributed by atoms with E-state index in [-0.39, 0.29) is 12.5 Å². The fourth-order valence-electron chi connectivity index (χ4n) is 5.68. The lowest BCUT2D eigenvalue weighted by molar-refractivity contribution is -0.127. The highest BCUT2D eigenvalue weighted by molar-refractivity contribution is 7.97. The van der Waals surface area contributed by atoms with Gasteiger partial charge in [0, 0.05) is 67.7 Å². The molecule has 1 fully saturated rings. The number of nitrogens with zero attached hydrogens (tertiary/aromatic N) is 3. The van der Waals surface area contributed by atoms with Gasteiger partial charge in [0.25, 0.3) is 0 Å². The number of nitrogens with two attached hydrogens (primary N) is 1. The second-order valence-electron chi connectivity index (χ2n) is 13.2. The highest BCUT2D eigenvalue weighted by Crippen LogP contribution is 2.38. The minimum Gasteiger partial charge on any atom is -0.444 e. The number of amides is 2. The number of aryl methyl sites for hydroxylation is 1. The molecule has 0 saturated carbocycles. The maximum Gasteiger partial charge on any atom is 0.407 e. The van der Waals surface area contributed by atoms with E-state index in [1.54, 1.807) is 11.9 Å². The van der Waals surface area contributed by atoms with Crippen LogP contribution in [-0.4, -0.2) is 77.1 Å². The molecular weight excluding hydrogens is 598 g/mol. The first-order chi connectivity index (χ1) is 22.0. The fraction of sp³-hybridized carbons (Fsp3) is 0.528. The summed E-state index contributed by atoms with van der Waals surface area (Å²) in [6.45, 7) is 13.6. The Kier molecular flexibility index (Phi) is 12.7. The van der Waals surface area contributed by atoms with Crippen LogP contribution in [0, 0.1) is 5.92 Å². The molecule has 0 aliphatic carbocycles. The summed E-state index contributed by atoms with van der Waals surface area (Å²) >= 11 is 1.71. The number of aliphatic hydroxyl groups is 1. The molecule has 0 bridgehead atoms. The number of alkyl carbamates (subject to hydrolysis) is 1. The van der Waals surface area contributed by atoms with Crippen LogP contribution in [0.2, 0.25) is 0 Å². The molecule has 2 aliphatic heterocycles.